The highest BCUT2D eigenvalue weighted by Crippen LogP contribution is 2.24. The number of aromatic nitrogens is 2. The monoisotopic (exact) mass is 383 g/mol. The Balaban J connectivity index is 1.88. The lowest BCUT2D eigenvalue weighted by molar-refractivity contribution is -0.386. The summed E-state index contributed by atoms with van der Waals surface area (Å²) in [5.74, 6) is 0.371. The van der Waals surface area contributed by atoms with Gasteiger partial charge in [-0.05, 0) is 36.4 Å². The van der Waals surface area contributed by atoms with E-state index >= 15 is 0 Å². The van der Waals surface area contributed by atoms with Gasteiger partial charge in [0.1, 0.15) is 17.2 Å². The Morgan fingerprint density at radius 2 is 1.82 bits per heavy atom. The molecule has 0 spiro atoms. The Bertz CT molecular complexity index is 1180. The Hall–Kier alpha value is -4.21. The second-order valence-electron chi connectivity index (χ2n) is 5.53. The first-order valence-corrected chi connectivity index (χ1v) is 7.86. The van der Waals surface area contributed by atoms with Crippen molar-refractivity contribution in [2.75, 3.05) is 7.11 Å². The fraction of sp³-hybridized carbons (Fsp3) is 0.0556. The van der Waals surface area contributed by atoms with Gasteiger partial charge in [-0.3, -0.25) is 19.9 Å². The number of methoxy groups -OCH3 is 1. The zero-order valence-electron chi connectivity index (χ0n) is 14.4. The number of ether oxygens (including phenoxy) is 1. The number of furan rings is 1. The number of rotatable bonds is 5. The van der Waals surface area contributed by atoms with E-state index in [1.54, 1.807) is 41.4 Å². The molecule has 0 aliphatic carbocycles. The minimum Gasteiger partial charge on any atom is -0.465 e. The number of nitrogens with zero attached hydrogens (tertiary/aromatic N) is 1. The molecule has 0 aliphatic heterocycles. The molecule has 0 aliphatic rings. The van der Waals surface area contributed by atoms with E-state index in [1.807, 2.05) is 0 Å². The standard InChI is InChI=1S/C18H13N3O7/c1-27-17(23)11-4-2-10(3-5-11)14-9-7-12(28-14)6-8-13-15(21(25)26)16(22)20-18(24)19-13/h2-9H,1H3,(H2,19,20,22,24)/b8-6-. The maximum absolute atomic E-state index is 11.6. The van der Waals surface area contributed by atoms with Crippen LogP contribution in [-0.4, -0.2) is 28.0 Å². The normalized spacial score (nSPS) is 10.9. The van der Waals surface area contributed by atoms with Crippen molar-refractivity contribution < 1.29 is 18.9 Å². The van der Waals surface area contributed by atoms with Crippen LogP contribution in [-0.2, 0) is 4.74 Å². The van der Waals surface area contributed by atoms with Crippen LogP contribution in [0.2, 0.25) is 0 Å². The first kappa shape index (κ1) is 18.6. The third-order valence-electron chi connectivity index (χ3n) is 3.76. The fourth-order valence-corrected chi connectivity index (χ4v) is 2.45. The molecular formula is C18H13N3O7. The molecular weight excluding hydrogens is 370 g/mol. The molecule has 0 bridgehead atoms. The number of carbonyl (C=O) groups excluding carboxylic acids is 1. The average Bonchev–Trinajstić information content (AvgIpc) is 3.14. The minimum atomic E-state index is -1.10. The van der Waals surface area contributed by atoms with Crippen LogP contribution in [0.1, 0.15) is 21.8 Å². The maximum atomic E-state index is 11.6. The quantitative estimate of drug-likeness (QED) is 0.390. The summed E-state index contributed by atoms with van der Waals surface area (Å²) in [6.45, 7) is 0. The zero-order chi connectivity index (χ0) is 20.3. The van der Waals surface area contributed by atoms with Gasteiger partial charge in [0.15, 0.2) is 0 Å². The van der Waals surface area contributed by atoms with Crippen molar-refractivity contribution in [1.82, 2.24) is 9.97 Å². The van der Waals surface area contributed by atoms with Crippen molar-refractivity contribution in [3.8, 4) is 11.3 Å². The second-order valence-corrected chi connectivity index (χ2v) is 5.53. The lowest BCUT2D eigenvalue weighted by Gasteiger charge is -2.00. The lowest BCUT2D eigenvalue weighted by atomic mass is 10.1. The number of H-pyrrole nitrogens is 2. The first-order valence-electron chi connectivity index (χ1n) is 7.86. The van der Waals surface area contributed by atoms with Crippen molar-refractivity contribution in [2.24, 2.45) is 0 Å². The Morgan fingerprint density at radius 1 is 1.11 bits per heavy atom. The second kappa shape index (κ2) is 7.58. The Labute approximate surface area is 156 Å². The van der Waals surface area contributed by atoms with Gasteiger partial charge in [-0.15, -0.1) is 0 Å². The third kappa shape index (κ3) is 3.80. The molecule has 0 fully saturated rings. The average molecular weight is 383 g/mol. The molecule has 0 atom stereocenters. The van der Waals surface area contributed by atoms with Crippen LogP contribution < -0.4 is 11.2 Å². The molecule has 3 aromatic rings. The summed E-state index contributed by atoms with van der Waals surface area (Å²) < 4.78 is 10.3. The van der Waals surface area contributed by atoms with Gasteiger partial charge in [0.05, 0.1) is 17.6 Å². The van der Waals surface area contributed by atoms with Gasteiger partial charge in [0, 0.05) is 5.56 Å². The predicted octanol–water partition coefficient (Wildman–Crippen LogP) is 2.19. The topological polar surface area (TPSA) is 148 Å². The lowest BCUT2D eigenvalue weighted by Crippen LogP contribution is -2.25. The Morgan fingerprint density at radius 3 is 2.46 bits per heavy atom. The molecule has 2 N–H and O–H groups in total. The highest BCUT2D eigenvalue weighted by molar-refractivity contribution is 5.89. The molecule has 10 heteroatoms. The summed E-state index contributed by atoms with van der Waals surface area (Å²) >= 11 is 0. The smallest absolute Gasteiger partial charge is 0.357 e. The predicted molar refractivity (Wildman–Crippen MR) is 98.7 cm³/mol. The summed E-state index contributed by atoms with van der Waals surface area (Å²) in [6, 6.07) is 9.81. The highest BCUT2D eigenvalue weighted by atomic mass is 16.6. The minimum absolute atomic E-state index is 0.251. The van der Waals surface area contributed by atoms with E-state index in [-0.39, 0.29) is 5.69 Å². The van der Waals surface area contributed by atoms with E-state index in [0.29, 0.717) is 22.6 Å². The third-order valence-corrected chi connectivity index (χ3v) is 3.76. The zero-order valence-corrected chi connectivity index (χ0v) is 14.4. The van der Waals surface area contributed by atoms with E-state index in [4.69, 9.17) is 4.42 Å². The van der Waals surface area contributed by atoms with Gasteiger partial charge < -0.3 is 14.1 Å². The molecule has 142 valence electrons. The highest BCUT2D eigenvalue weighted by Gasteiger charge is 2.18. The van der Waals surface area contributed by atoms with E-state index in [1.165, 1.54) is 19.3 Å². The number of carbonyl (C=O) groups is 1. The van der Waals surface area contributed by atoms with Gasteiger partial charge in [0.2, 0.25) is 0 Å². The summed E-state index contributed by atoms with van der Waals surface area (Å²) in [7, 11) is 1.29. The largest absolute Gasteiger partial charge is 0.465 e. The van der Waals surface area contributed by atoms with Crippen LogP contribution in [0, 0.1) is 10.1 Å². The number of nitro groups is 1. The molecule has 28 heavy (non-hydrogen) atoms. The SMILES string of the molecule is COC(=O)c1ccc(-c2ccc(/C=C\c3[nH]c(=O)[nH]c(=O)c3[N+](=O)[O-])o2)cc1. The molecule has 2 aromatic heterocycles. The van der Waals surface area contributed by atoms with Crippen LogP contribution in [0.25, 0.3) is 23.5 Å². The van der Waals surface area contributed by atoms with Gasteiger partial charge >= 0.3 is 22.9 Å². The molecule has 0 saturated heterocycles. The van der Waals surface area contributed by atoms with E-state index < -0.39 is 27.8 Å². The maximum Gasteiger partial charge on any atom is 0.357 e. The van der Waals surface area contributed by atoms with E-state index in [2.05, 4.69) is 9.72 Å². The van der Waals surface area contributed by atoms with Gasteiger partial charge in [-0.25, -0.2) is 9.59 Å². The summed E-state index contributed by atoms with van der Waals surface area (Å²) in [5.41, 5.74) is -1.90. The van der Waals surface area contributed by atoms with Crippen molar-refractivity contribution in [2.45, 2.75) is 0 Å². The molecule has 10 nitrogen and oxygen atoms in total. The van der Waals surface area contributed by atoms with Crippen LogP contribution in [0.4, 0.5) is 5.69 Å². The molecule has 0 saturated carbocycles. The van der Waals surface area contributed by atoms with Gasteiger partial charge in [0.25, 0.3) is 0 Å². The van der Waals surface area contributed by atoms with E-state index in [9.17, 15) is 24.5 Å². The van der Waals surface area contributed by atoms with Crippen LogP contribution in [0.15, 0.2) is 50.4 Å². The summed E-state index contributed by atoms with van der Waals surface area (Å²) in [4.78, 5) is 48.6. The van der Waals surface area contributed by atoms with Gasteiger partial charge in [-0.2, -0.15) is 0 Å². The van der Waals surface area contributed by atoms with Crippen molar-refractivity contribution in [3.05, 3.63) is 84.4 Å². The van der Waals surface area contributed by atoms with Crippen molar-refractivity contribution in [1.29, 1.82) is 0 Å². The molecule has 3 rings (SSSR count). The Kier molecular flexibility index (Phi) is 5.03. The molecule has 2 heterocycles. The molecule has 0 amide bonds. The summed E-state index contributed by atoms with van der Waals surface area (Å²) in [5, 5.41) is 11.0. The van der Waals surface area contributed by atoms with Crippen LogP contribution in [0.3, 0.4) is 0 Å². The fourth-order valence-electron chi connectivity index (χ4n) is 2.45. The van der Waals surface area contributed by atoms with Crippen LogP contribution >= 0.6 is 0 Å². The van der Waals surface area contributed by atoms with Crippen LogP contribution in [0.5, 0.6) is 0 Å². The first-order chi connectivity index (χ1) is 13.4. The van der Waals surface area contributed by atoms with Crippen molar-refractivity contribution >= 4 is 23.8 Å². The van der Waals surface area contributed by atoms with Crippen molar-refractivity contribution in [3.63, 3.8) is 0 Å². The number of hydrogen-bond donors (Lipinski definition) is 2. The molecule has 0 unspecified atom stereocenters. The summed E-state index contributed by atoms with van der Waals surface area (Å²) in [6.07, 6.45) is 2.59. The van der Waals surface area contributed by atoms with E-state index in [0.717, 1.165) is 0 Å². The number of nitrogens with one attached hydrogen (secondary N) is 2. The number of benzene rings is 1. The molecule has 1 aromatic carbocycles. The molecule has 0 radical (unpaired) electrons. The number of esters is 1. The number of aromatic amines is 2. The van der Waals surface area contributed by atoms with Gasteiger partial charge in [-0.1, -0.05) is 12.1 Å². The number of hydrogen-bond acceptors (Lipinski definition) is 7.